The van der Waals surface area contributed by atoms with E-state index < -0.39 is 0 Å². The van der Waals surface area contributed by atoms with Crippen LogP contribution in [0.15, 0.2) is 36.4 Å². The van der Waals surface area contributed by atoms with Crippen molar-refractivity contribution in [3.05, 3.63) is 42.0 Å². The van der Waals surface area contributed by atoms with Crippen molar-refractivity contribution in [3.63, 3.8) is 0 Å². The lowest BCUT2D eigenvalue weighted by molar-refractivity contribution is 0.397. The Bertz CT molecular complexity index is 545. The van der Waals surface area contributed by atoms with Crippen LogP contribution in [0.2, 0.25) is 0 Å². The van der Waals surface area contributed by atoms with Crippen molar-refractivity contribution in [1.82, 2.24) is 0 Å². The summed E-state index contributed by atoms with van der Waals surface area (Å²) < 4.78 is 0. The third-order valence-electron chi connectivity index (χ3n) is 4.61. The Labute approximate surface area is 116 Å². The largest absolute Gasteiger partial charge is 0.379 e. The highest BCUT2D eigenvalue weighted by molar-refractivity contribution is 5.98. The highest BCUT2D eigenvalue weighted by Crippen LogP contribution is 2.39. The van der Waals surface area contributed by atoms with Gasteiger partial charge in [-0.05, 0) is 36.3 Å². The van der Waals surface area contributed by atoms with Gasteiger partial charge in [-0.25, -0.2) is 0 Å². The topological polar surface area (TPSA) is 12.0 Å². The molecule has 19 heavy (non-hydrogen) atoms. The molecule has 1 heteroatoms. The highest BCUT2D eigenvalue weighted by Gasteiger charge is 2.32. The van der Waals surface area contributed by atoms with Gasteiger partial charge >= 0.3 is 0 Å². The molecular formula is C18H23N. The fraction of sp³-hybridized carbons (Fsp3) is 0.444. The predicted octanol–water partition coefficient (Wildman–Crippen LogP) is 5.15. The van der Waals surface area contributed by atoms with Crippen LogP contribution in [-0.4, -0.2) is 5.54 Å². The molecule has 100 valence electrons. The maximum Gasteiger partial charge on any atom is 0.0427 e. The lowest BCUT2D eigenvalue weighted by atomic mass is 9.79. The second-order valence-electron chi connectivity index (χ2n) is 5.86. The fourth-order valence-electron chi connectivity index (χ4n) is 3.42. The van der Waals surface area contributed by atoms with Crippen molar-refractivity contribution in [2.24, 2.45) is 0 Å². The Kier molecular flexibility index (Phi) is 3.22. The molecule has 0 saturated carbocycles. The summed E-state index contributed by atoms with van der Waals surface area (Å²) in [5.41, 5.74) is 3.11. The maximum atomic E-state index is 3.86. The van der Waals surface area contributed by atoms with E-state index in [1.807, 2.05) is 0 Å². The van der Waals surface area contributed by atoms with Crippen molar-refractivity contribution in [1.29, 1.82) is 0 Å². The van der Waals surface area contributed by atoms with E-state index in [1.165, 1.54) is 47.7 Å². The molecule has 0 aromatic heterocycles. The molecule has 0 saturated heterocycles. The molecule has 0 amide bonds. The normalized spacial score (nSPS) is 21.4. The van der Waals surface area contributed by atoms with Gasteiger partial charge in [0.05, 0.1) is 0 Å². The van der Waals surface area contributed by atoms with Gasteiger partial charge in [-0.2, -0.15) is 0 Å². The van der Waals surface area contributed by atoms with Crippen LogP contribution in [0, 0.1) is 0 Å². The second-order valence-corrected chi connectivity index (χ2v) is 5.86. The predicted molar refractivity (Wildman–Crippen MR) is 83.8 cm³/mol. The Morgan fingerprint density at radius 1 is 1.11 bits per heavy atom. The summed E-state index contributed by atoms with van der Waals surface area (Å²) in [6.07, 6.45) is 6.20. The smallest absolute Gasteiger partial charge is 0.0427 e. The molecule has 0 bridgehead atoms. The van der Waals surface area contributed by atoms with Gasteiger partial charge in [0.1, 0.15) is 0 Å². The van der Waals surface area contributed by atoms with Crippen LogP contribution >= 0.6 is 0 Å². The number of unbranched alkanes of at least 4 members (excludes halogenated alkanes) is 1. The van der Waals surface area contributed by atoms with E-state index in [4.69, 9.17) is 0 Å². The third-order valence-corrected chi connectivity index (χ3v) is 4.61. The molecule has 0 spiro atoms. The molecule has 1 heterocycles. The molecule has 1 unspecified atom stereocenters. The molecule has 0 aliphatic carbocycles. The lowest BCUT2D eigenvalue weighted by Crippen LogP contribution is -2.42. The number of nitrogens with one attached hydrogen (secondary N) is 1. The zero-order valence-corrected chi connectivity index (χ0v) is 12.0. The van der Waals surface area contributed by atoms with Crippen LogP contribution in [0.5, 0.6) is 0 Å². The van der Waals surface area contributed by atoms with Crippen LogP contribution in [0.4, 0.5) is 5.69 Å². The van der Waals surface area contributed by atoms with Gasteiger partial charge in [0.2, 0.25) is 0 Å². The highest BCUT2D eigenvalue weighted by atomic mass is 15.0. The van der Waals surface area contributed by atoms with E-state index in [-0.39, 0.29) is 5.54 Å². The Morgan fingerprint density at radius 3 is 2.63 bits per heavy atom. The van der Waals surface area contributed by atoms with Crippen LogP contribution in [-0.2, 0) is 6.42 Å². The van der Waals surface area contributed by atoms with E-state index >= 15 is 0 Å². The zero-order valence-electron chi connectivity index (χ0n) is 12.0. The SMILES string of the molecule is CCCCC1(CC)Cc2cccc3cccc(c23)N1. The monoisotopic (exact) mass is 253 g/mol. The van der Waals surface area contributed by atoms with Crippen molar-refractivity contribution in [2.75, 3.05) is 5.32 Å². The van der Waals surface area contributed by atoms with Gasteiger partial charge in [0, 0.05) is 16.6 Å². The first kappa shape index (κ1) is 12.5. The van der Waals surface area contributed by atoms with E-state index in [1.54, 1.807) is 0 Å². The lowest BCUT2D eigenvalue weighted by Gasteiger charge is -2.40. The molecular weight excluding hydrogens is 230 g/mol. The number of benzene rings is 2. The number of rotatable bonds is 4. The standard InChI is InChI=1S/C18H23N/c1-3-5-12-18(4-2)13-15-10-6-8-14-9-7-11-16(19-18)17(14)15/h6-11,19H,3-5,12-13H2,1-2H3. The van der Waals surface area contributed by atoms with Gasteiger partial charge < -0.3 is 5.32 Å². The zero-order chi connectivity index (χ0) is 13.3. The minimum absolute atomic E-state index is 0.263. The number of anilines is 1. The first-order valence-corrected chi connectivity index (χ1v) is 7.57. The summed E-state index contributed by atoms with van der Waals surface area (Å²) >= 11 is 0. The van der Waals surface area contributed by atoms with E-state index in [0.29, 0.717) is 0 Å². The van der Waals surface area contributed by atoms with Crippen LogP contribution in [0.25, 0.3) is 10.8 Å². The second kappa shape index (κ2) is 4.88. The summed E-state index contributed by atoms with van der Waals surface area (Å²) in [6, 6.07) is 13.3. The molecule has 0 fully saturated rings. The van der Waals surface area contributed by atoms with Crippen molar-refractivity contribution in [3.8, 4) is 0 Å². The first-order valence-electron chi connectivity index (χ1n) is 7.57. The molecule has 3 rings (SSSR count). The molecule has 1 nitrogen and oxygen atoms in total. The van der Waals surface area contributed by atoms with Gasteiger partial charge in [0.15, 0.2) is 0 Å². The summed E-state index contributed by atoms with van der Waals surface area (Å²) in [6.45, 7) is 4.59. The number of hydrogen-bond acceptors (Lipinski definition) is 1. The van der Waals surface area contributed by atoms with E-state index in [0.717, 1.165) is 6.42 Å². The van der Waals surface area contributed by atoms with Crippen molar-refractivity contribution >= 4 is 16.5 Å². The summed E-state index contributed by atoms with van der Waals surface area (Å²) in [4.78, 5) is 0. The Hall–Kier alpha value is -1.50. The molecule has 1 aliphatic heterocycles. The Balaban J connectivity index is 2.06. The van der Waals surface area contributed by atoms with Gasteiger partial charge in [-0.15, -0.1) is 0 Å². The van der Waals surface area contributed by atoms with Gasteiger partial charge in [0.25, 0.3) is 0 Å². The molecule has 1 atom stereocenters. The number of hydrogen-bond donors (Lipinski definition) is 1. The Morgan fingerprint density at radius 2 is 1.89 bits per heavy atom. The fourth-order valence-corrected chi connectivity index (χ4v) is 3.42. The van der Waals surface area contributed by atoms with Crippen molar-refractivity contribution < 1.29 is 0 Å². The average molecular weight is 253 g/mol. The summed E-state index contributed by atoms with van der Waals surface area (Å²) in [5.74, 6) is 0. The van der Waals surface area contributed by atoms with Crippen LogP contribution in [0.3, 0.4) is 0 Å². The van der Waals surface area contributed by atoms with Crippen LogP contribution in [0.1, 0.15) is 45.1 Å². The molecule has 0 radical (unpaired) electrons. The van der Waals surface area contributed by atoms with E-state index in [2.05, 4.69) is 55.6 Å². The average Bonchev–Trinajstić information content (AvgIpc) is 2.46. The van der Waals surface area contributed by atoms with Crippen molar-refractivity contribution in [2.45, 2.75) is 51.5 Å². The maximum absolute atomic E-state index is 3.86. The summed E-state index contributed by atoms with van der Waals surface area (Å²) in [7, 11) is 0. The quantitative estimate of drug-likeness (QED) is 0.795. The van der Waals surface area contributed by atoms with Gasteiger partial charge in [-0.3, -0.25) is 0 Å². The van der Waals surface area contributed by atoms with Gasteiger partial charge in [-0.1, -0.05) is 57.0 Å². The molecule has 2 aromatic carbocycles. The summed E-state index contributed by atoms with van der Waals surface area (Å²) in [5, 5.41) is 6.66. The third kappa shape index (κ3) is 2.11. The molecule has 1 aliphatic rings. The first-order chi connectivity index (χ1) is 9.28. The van der Waals surface area contributed by atoms with Crippen LogP contribution < -0.4 is 5.32 Å². The minimum atomic E-state index is 0.263. The molecule has 2 aromatic rings. The minimum Gasteiger partial charge on any atom is -0.379 e. The molecule has 1 N–H and O–H groups in total. The van der Waals surface area contributed by atoms with E-state index in [9.17, 15) is 0 Å².